The van der Waals surface area contributed by atoms with Crippen LogP contribution >= 0.6 is 0 Å². The first-order chi connectivity index (χ1) is 10.3. The Kier molecular flexibility index (Phi) is 16.6. The van der Waals surface area contributed by atoms with Gasteiger partial charge in [-0.15, -0.1) is 0 Å². The fraction of sp³-hybridized carbons (Fsp3) is 0.842. The van der Waals surface area contributed by atoms with Crippen LogP contribution in [0.3, 0.4) is 0 Å². The van der Waals surface area contributed by atoms with Gasteiger partial charge < -0.3 is 4.90 Å². The van der Waals surface area contributed by atoms with Gasteiger partial charge in [-0.2, -0.15) is 0 Å². The Labute approximate surface area is 133 Å². The van der Waals surface area contributed by atoms with E-state index >= 15 is 0 Å². The Morgan fingerprint density at radius 1 is 0.714 bits per heavy atom. The van der Waals surface area contributed by atoms with Crippen molar-refractivity contribution in [1.82, 2.24) is 4.90 Å². The first-order valence-electron chi connectivity index (χ1n) is 9.18. The first-order valence-corrected chi connectivity index (χ1v) is 9.18. The van der Waals surface area contributed by atoms with Crippen LogP contribution in [0, 0.1) is 0 Å². The molecule has 0 saturated heterocycles. The minimum absolute atomic E-state index is 0.824. The lowest BCUT2D eigenvalue weighted by Gasteiger charge is -2.10. The summed E-state index contributed by atoms with van der Waals surface area (Å²) in [7, 11) is 0. The predicted molar refractivity (Wildman–Crippen MR) is 93.3 cm³/mol. The summed E-state index contributed by atoms with van der Waals surface area (Å²) in [5, 5.41) is 0. The van der Waals surface area contributed by atoms with Crippen molar-refractivity contribution in [2.75, 3.05) is 6.54 Å². The maximum absolute atomic E-state index is 10.6. The number of rotatable bonds is 17. The van der Waals surface area contributed by atoms with Crippen molar-refractivity contribution < 1.29 is 4.79 Å². The van der Waals surface area contributed by atoms with Crippen molar-refractivity contribution in [2.24, 2.45) is 0 Å². The van der Waals surface area contributed by atoms with Gasteiger partial charge in [-0.05, 0) is 12.6 Å². The van der Waals surface area contributed by atoms with Crippen LogP contribution in [-0.2, 0) is 4.79 Å². The molecule has 0 N–H and O–H groups in total. The molecule has 2 heteroatoms. The maximum atomic E-state index is 10.6. The summed E-state index contributed by atoms with van der Waals surface area (Å²) in [5.41, 5.74) is 0. The Balaban J connectivity index is 3.05. The van der Waals surface area contributed by atoms with Crippen molar-refractivity contribution in [3.63, 3.8) is 0 Å². The molecule has 0 aromatic rings. The molecular formula is C19H37NO. The minimum Gasteiger partial charge on any atom is -0.322 e. The summed E-state index contributed by atoms with van der Waals surface area (Å²) >= 11 is 0. The zero-order chi connectivity index (χ0) is 15.6. The molecule has 0 aliphatic heterocycles. The third kappa shape index (κ3) is 15.4. The van der Waals surface area contributed by atoms with Gasteiger partial charge in [0.05, 0.1) is 0 Å². The molecule has 0 aliphatic rings. The molecule has 0 bridgehead atoms. The third-order valence-electron chi connectivity index (χ3n) is 4.14. The van der Waals surface area contributed by atoms with Gasteiger partial charge in [-0.25, -0.2) is 0 Å². The highest BCUT2D eigenvalue weighted by Crippen LogP contribution is 2.12. The summed E-state index contributed by atoms with van der Waals surface area (Å²) in [6.45, 7) is 6.71. The van der Waals surface area contributed by atoms with E-state index in [9.17, 15) is 4.79 Å². The zero-order valence-corrected chi connectivity index (χ0v) is 14.3. The molecule has 0 radical (unpaired) electrons. The Morgan fingerprint density at radius 3 is 1.43 bits per heavy atom. The highest BCUT2D eigenvalue weighted by Gasteiger charge is 1.96. The van der Waals surface area contributed by atoms with Gasteiger partial charge in [0.25, 0.3) is 0 Å². The molecule has 0 fully saturated rings. The molecule has 124 valence electrons. The standard InChI is InChI=1S/C19H37NO/c1-3-5-6-7-8-9-10-11-12-13-14-15-16-17-18-20(4-2)19-21/h4,19H,2-3,5-18H2,1H3. The fourth-order valence-corrected chi connectivity index (χ4v) is 2.68. The Morgan fingerprint density at radius 2 is 1.10 bits per heavy atom. The van der Waals surface area contributed by atoms with Gasteiger partial charge in [-0.1, -0.05) is 97.0 Å². The van der Waals surface area contributed by atoms with E-state index in [0.717, 1.165) is 19.4 Å². The van der Waals surface area contributed by atoms with E-state index in [-0.39, 0.29) is 0 Å². The molecule has 21 heavy (non-hydrogen) atoms. The molecular weight excluding hydrogens is 258 g/mol. The second kappa shape index (κ2) is 17.3. The maximum Gasteiger partial charge on any atom is 0.213 e. The number of hydrogen-bond acceptors (Lipinski definition) is 1. The van der Waals surface area contributed by atoms with E-state index in [1.165, 1.54) is 83.5 Å². The van der Waals surface area contributed by atoms with Crippen molar-refractivity contribution in [2.45, 2.75) is 96.8 Å². The molecule has 0 unspecified atom stereocenters. The molecule has 0 aliphatic carbocycles. The molecule has 0 aromatic heterocycles. The molecule has 0 heterocycles. The first kappa shape index (κ1) is 20.2. The fourth-order valence-electron chi connectivity index (χ4n) is 2.68. The number of amides is 1. The van der Waals surface area contributed by atoms with Gasteiger partial charge in [0.2, 0.25) is 6.41 Å². The van der Waals surface area contributed by atoms with Crippen LogP contribution in [-0.4, -0.2) is 17.9 Å². The van der Waals surface area contributed by atoms with Crippen molar-refractivity contribution in [3.05, 3.63) is 12.8 Å². The smallest absolute Gasteiger partial charge is 0.213 e. The van der Waals surface area contributed by atoms with Crippen molar-refractivity contribution in [3.8, 4) is 0 Å². The lowest BCUT2D eigenvalue weighted by molar-refractivity contribution is -0.115. The molecule has 1 amide bonds. The summed E-state index contributed by atoms with van der Waals surface area (Å²) in [5.74, 6) is 0. The van der Waals surface area contributed by atoms with Crippen LogP contribution in [0.2, 0.25) is 0 Å². The number of carbonyl (C=O) groups excluding carboxylic acids is 1. The monoisotopic (exact) mass is 295 g/mol. The van der Waals surface area contributed by atoms with Crippen LogP contribution in [0.25, 0.3) is 0 Å². The Bertz CT molecular complexity index is 220. The summed E-state index contributed by atoms with van der Waals surface area (Å²) in [4.78, 5) is 12.2. The van der Waals surface area contributed by atoms with Crippen molar-refractivity contribution >= 4 is 6.41 Å². The van der Waals surface area contributed by atoms with E-state index in [1.54, 1.807) is 11.1 Å². The van der Waals surface area contributed by atoms with E-state index in [0.29, 0.717) is 0 Å². The number of unbranched alkanes of at least 4 members (excludes halogenated alkanes) is 13. The number of carbonyl (C=O) groups is 1. The normalized spacial score (nSPS) is 10.5. The zero-order valence-electron chi connectivity index (χ0n) is 14.3. The lowest BCUT2D eigenvalue weighted by Crippen LogP contribution is -2.15. The summed E-state index contributed by atoms with van der Waals surface area (Å²) in [6.07, 6.45) is 21.6. The average Bonchev–Trinajstić information content (AvgIpc) is 2.51. The van der Waals surface area contributed by atoms with Crippen LogP contribution in [0.1, 0.15) is 96.8 Å². The van der Waals surface area contributed by atoms with E-state index in [2.05, 4.69) is 13.5 Å². The van der Waals surface area contributed by atoms with Gasteiger partial charge in [0.15, 0.2) is 0 Å². The Hall–Kier alpha value is -0.790. The predicted octanol–water partition coefficient (Wildman–Crippen LogP) is 6.07. The molecule has 0 aromatic carbocycles. The molecule has 0 spiro atoms. The number of nitrogens with zero attached hydrogens (tertiary/aromatic N) is 1. The summed E-state index contributed by atoms with van der Waals surface area (Å²) < 4.78 is 0. The second-order valence-electron chi connectivity index (χ2n) is 6.12. The van der Waals surface area contributed by atoms with Crippen LogP contribution in [0.15, 0.2) is 12.8 Å². The van der Waals surface area contributed by atoms with Gasteiger partial charge in [-0.3, -0.25) is 4.79 Å². The minimum atomic E-state index is 0.824. The van der Waals surface area contributed by atoms with Crippen LogP contribution < -0.4 is 0 Å². The van der Waals surface area contributed by atoms with Crippen LogP contribution in [0.4, 0.5) is 0 Å². The lowest BCUT2D eigenvalue weighted by atomic mass is 10.0. The van der Waals surface area contributed by atoms with Gasteiger partial charge >= 0.3 is 0 Å². The third-order valence-corrected chi connectivity index (χ3v) is 4.14. The van der Waals surface area contributed by atoms with Crippen molar-refractivity contribution in [1.29, 1.82) is 0 Å². The highest BCUT2D eigenvalue weighted by molar-refractivity contribution is 5.48. The molecule has 0 saturated carbocycles. The topological polar surface area (TPSA) is 20.3 Å². The SMILES string of the molecule is C=CN(C=O)CCCCCCCCCCCCCCCC. The molecule has 0 rings (SSSR count). The van der Waals surface area contributed by atoms with Gasteiger partial charge in [0, 0.05) is 6.54 Å². The van der Waals surface area contributed by atoms with E-state index in [1.807, 2.05) is 0 Å². The van der Waals surface area contributed by atoms with Gasteiger partial charge in [0.1, 0.15) is 0 Å². The average molecular weight is 296 g/mol. The largest absolute Gasteiger partial charge is 0.322 e. The quantitative estimate of drug-likeness (QED) is 0.235. The summed E-state index contributed by atoms with van der Waals surface area (Å²) in [6, 6.07) is 0. The highest BCUT2D eigenvalue weighted by atomic mass is 16.1. The van der Waals surface area contributed by atoms with E-state index in [4.69, 9.17) is 0 Å². The molecule has 2 nitrogen and oxygen atoms in total. The second-order valence-corrected chi connectivity index (χ2v) is 6.12. The van der Waals surface area contributed by atoms with E-state index < -0.39 is 0 Å². The van der Waals surface area contributed by atoms with Crippen LogP contribution in [0.5, 0.6) is 0 Å². The molecule has 0 atom stereocenters. The number of hydrogen-bond donors (Lipinski definition) is 0.